The van der Waals surface area contributed by atoms with Crippen LogP contribution in [0.5, 0.6) is 0 Å². The first-order chi connectivity index (χ1) is 6.97. The highest BCUT2D eigenvalue weighted by Crippen LogP contribution is 2.16. The van der Waals surface area contributed by atoms with Crippen molar-refractivity contribution in [2.24, 2.45) is 0 Å². The molecule has 15 heavy (non-hydrogen) atoms. The van der Waals surface area contributed by atoms with Crippen LogP contribution in [0.25, 0.3) is 0 Å². The van der Waals surface area contributed by atoms with E-state index in [1.165, 1.54) is 0 Å². The van der Waals surface area contributed by atoms with Crippen LogP contribution in [0.1, 0.15) is 47.0 Å². The summed E-state index contributed by atoms with van der Waals surface area (Å²) < 4.78 is 0. The van der Waals surface area contributed by atoms with Gasteiger partial charge in [0, 0.05) is 19.1 Å². The smallest absolute Gasteiger partial charge is 0.242 e. The third-order valence-corrected chi connectivity index (χ3v) is 3.04. The molecule has 0 saturated carbocycles. The van der Waals surface area contributed by atoms with Crippen LogP contribution in [0.3, 0.4) is 0 Å². The molecular weight excluding hydrogens is 188 g/mol. The lowest BCUT2D eigenvalue weighted by Crippen LogP contribution is -2.53. The monoisotopic (exact) mass is 212 g/mol. The van der Waals surface area contributed by atoms with Crippen LogP contribution in [0.15, 0.2) is 0 Å². The Morgan fingerprint density at radius 3 is 2.80 bits per heavy atom. The van der Waals surface area contributed by atoms with Crippen molar-refractivity contribution in [2.45, 2.75) is 58.5 Å². The van der Waals surface area contributed by atoms with E-state index in [9.17, 15) is 4.79 Å². The predicted molar refractivity (Wildman–Crippen MR) is 62.8 cm³/mol. The fraction of sp³-hybridized carbons (Fsp3) is 0.917. The van der Waals surface area contributed by atoms with Gasteiger partial charge < -0.3 is 10.2 Å². The maximum Gasteiger partial charge on any atom is 0.242 e. The van der Waals surface area contributed by atoms with Crippen LogP contribution in [0, 0.1) is 0 Å². The first kappa shape index (κ1) is 12.5. The van der Waals surface area contributed by atoms with Crippen molar-refractivity contribution in [3.8, 4) is 0 Å². The van der Waals surface area contributed by atoms with Gasteiger partial charge in [-0.25, -0.2) is 0 Å². The average molecular weight is 212 g/mol. The number of carbonyl (C=O) groups is 1. The summed E-state index contributed by atoms with van der Waals surface area (Å²) in [5, 5.41) is 3.38. The Labute approximate surface area is 93.2 Å². The Bertz CT molecular complexity index is 226. The Morgan fingerprint density at radius 1 is 1.53 bits per heavy atom. The molecule has 1 rings (SSSR count). The molecule has 1 N–H and O–H groups in total. The molecule has 1 saturated heterocycles. The topological polar surface area (TPSA) is 32.3 Å². The zero-order valence-corrected chi connectivity index (χ0v) is 10.5. The lowest BCUT2D eigenvalue weighted by atomic mass is 10.0. The van der Waals surface area contributed by atoms with Gasteiger partial charge in [-0.15, -0.1) is 0 Å². The number of amides is 1. The molecule has 0 aliphatic carbocycles. The van der Waals surface area contributed by atoms with Gasteiger partial charge in [-0.1, -0.05) is 13.3 Å². The van der Waals surface area contributed by atoms with Crippen LogP contribution in [-0.2, 0) is 4.79 Å². The summed E-state index contributed by atoms with van der Waals surface area (Å²) in [6.07, 6.45) is 3.31. The second-order valence-corrected chi connectivity index (χ2v) is 5.10. The van der Waals surface area contributed by atoms with Crippen LogP contribution in [0.2, 0.25) is 0 Å². The van der Waals surface area contributed by atoms with E-state index < -0.39 is 5.54 Å². The van der Waals surface area contributed by atoms with Gasteiger partial charge >= 0.3 is 0 Å². The molecular formula is C12H24N2O. The molecule has 1 atom stereocenters. The Kier molecular flexibility index (Phi) is 4.14. The van der Waals surface area contributed by atoms with Crippen molar-refractivity contribution in [1.29, 1.82) is 0 Å². The molecule has 1 heterocycles. The number of carbonyl (C=O) groups excluding carboxylic acids is 1. The van der Waals surface area contributed by atoms with Crippen molar-refractivity contribution < 1.29 is 4.79 Å². The minimum atomic E-state index is -0.399. The molecule has 0 bridgehead atoms. The van der Waals surface area contributed by atoms with Crippen molar-refractivity contribution in [3.05, 3.63) is 0 Å². The molecule has 1 aliphatic rings. The summed E-state index contributed by atoms with van der Waals surface area (Å²) in [5.41, 5.74) is -0.399. The number of unbranched alkanes of at least 4 members (excludes halogenated alkanes) is 1. The van der Waals surface area contributed by atoms with E-state index in [4.69, 9.17) is 0 Å². The SMILES string of the molecule is CCCCN1CCC(C)NC(C)(C)C1=O. The fourth-order valence-corrected chi connectivity index (χ4v) is 2.16. The van der Waals surface area contributed by atoms with E-state index >= 15 is 0 Å². The standard InChI is InChI=1S/C12H24N2O/c1-5-6-8-14-9-7-10(2)13-12(3,4)11(14)15/h10,13H,5-9H2,1-4H3. The van der Waals surface area contributed by atoms with Crippen molar-refractivity contribution in [1.82, 2.24) is 10.2 Å². The maximum atomic E-state index is 12.2. The van der Waals surface area contributed by atoms with Gasteiger partial charge in [-0.05, 0) is 33.6 Å². The molecule has 0 aromatic heterocycles. The minimum Gasteiger partial charge on any atom is -0.341 e. The molecule has 3 heteroatoms. The van der Waals surface area contributed by atoms with E-state index in [1.54, 1.807) is 0 Å². The summed E-state index contributed by atoms with van der Waals surface area (Å²) in [6, 6.07) is 0.426. The molecule has 0 aromatic rings. The van der Waals surface area contributed by atoms with E-state index in [0.29, 0.717) is 6.04 Å². The molecule has 0 aromatic carbocycles. The van der Waals surface area contributed by atoms with Gasteiger partial charge in [-0.3, -0.25) is 4.79 Å². The number of hydrogen-bond donors (Lipinski definition) is 1. The number of nitrogens with zero attached hydrogens (tertiary/aromatic N) is 1. The molecule has 1 amide bonds. The Morgan fingerprint density at radius 2 is 2.20 bits per heavy atom. The zero-order chi connectivity index (χ0) is 11.5. The van der Waals surface area contributed by atoms with Gasteiger partial charge in [-0.2, -0.15) is 0 Å². The van der Waals surface area contributed by atoms with Crippen molar-refractivity contribution in [2.75, 3.05) is 13.1 Å². The molecule has 0 radical (unpaired) electrons. The maximum absolute atomic E-state index is 12.2. The Hall–Kier alpha value is -0.570. The van der Waals surface area contributed by atoms with Gasteiger partial charge in [0.15, 0.2) is 0 Å². The number of hydrogen-bond acceptors (Lipinski definition) is 2. The van der Waals surface area contributed by atoms with E-state index in [-0.39, 0.29) is 5.91 Å². The summed E-state index contributed by atoms with van der Waals surface area (Å²) in [6.45, 7) is 10.1. The van der Waals surface area contributed by atoms with Gasteiger partial charge in [0.1, 0.15) is 0 Å². The van der Waals surface area contributed by atoms with Gasteiger partial charge in [0.2, 0.25) is 5.91 Å². The highest BCUT2D eigenvalue weighted by Gasteiger charge is 2.35. The zero-order valence-electron chi connectivity index (χ0n) is 10.5. The third kappa shape index (κ3) is 3.20. The molecule has 3 nitrogen and oxygen atoms in total. The van der Waals surface area contributed by atoms with Crippen molar-refractivity contribution >= 4 is 5.91 Å². The lowest BCUT2D eigenvalue weighted by Gasteiger charge is -2.29. The van der Waals surface area contributed by atoms with E-state index in [2.05, 4.69) is 19.2 Å². The Balaban J connectivity index is 2.67. The summed E-state index contributed by atoms with van der Waals surface area (Å²) >= 11 is 0. The highest BCUT2D eigenvalue weighted by atomic mass is 16.2. The first-order valence-corrected chi connectivity index (χ1v) is 6.04. The van der Waals surface area contributed by atoms with Crippen LogP contribution in [0.4, 0.5) is 0 Å². The van der Waals surface area contributed by atoms with Gasteiger partial charge in [0.05, 0.1) is 5.54 Å². The van der Waals surface area contributed by atoms with Crippen molar-refractivity contribution in [3.63, 3.8) is 0 Å². The normalized spacial score (nSPS) is 26.5. The largest absolute Gasteiger partial charge is 0.341 e. The molecule has 0 spiro atoms. The molecule has 1 aliphatic heterocycles. The highest BCUT2D eigenvalue weighted by molar-refractivity contribution is 5.85. The summed E-state index contributed by atoms with van der Waals surface area (Å²) in [5.74, 6) is 0.250. The van der Waals surface area contributed by atoms with Gasteiger partial charge in [0.25, 0.3) is 0 Å². The minimum absolute atomic E-state index is 0.250. The van der Waals surface area contributed by atoms with E-state index in [1.807, 2.05) is 18.7 Å². The second kappa shape index (κ2) is 4.97. The number of nitrogens with one attached hydrogen (secondary N) is 1. The summed E-state index contributed by atoms with van der Waals surface area (Å²) in [4.78, 5) is 14.2. The van der Waals surface area contributed by atoms with Crippen LogP contribution >= 0.6 is 0 Å². The fourth-order valence-electron chi connectivity index (χ4n) is 2.16. The quantitative estimate of drug-likeness (QED) is 0.773. The first-order valence-electron chi connectivity index (χ1n) is 6.04. The van der Waals surface area contributed by atoms with Crippen LogP contribution < -0.4 is 5.32 Å². The molecule has 88 valence electrons. The molecule has 1 unspecified atom stereocenters. The predicted octanol–water partition coefficient (Wildman–Crippen LogP) is 1.78. The third-order valence-electron chi connectivity index (χ3n) is 3.04. The molecule has 1 fully saturated rings. The number of rotatable bonds is 3. The lowest BCUT2D eigenvalue weighted by molar-refractivity contribution is -0.136. The van der Waals surface area contributed by atoms with Crippen LogP contribution in [-0.4, -0.2) is 35.5 Å². The van der Waals surface area contributed by atoms with E-state index in [0.717, 1.165) is 32.4 Å². The average Bonchev–Trinajstić information content (AvgIpc) is 2.24. The second-order valence-electron chi connectivity index (χ2n) is 5.10. The summed E-state index contributed by atoms with van der Waals surface area (Å²) in [7, 11) is 0.